The first-order valence-corrected chi connectivity index (χ1v) is 9.46. The summed E-state index contributed by atoms with van der Waals surface area (Å²) in [6, 6.07) is 9.93. The van der Waals surface area contributed by atoms with E-state index < -0.39 is 0 Å². The van der Waals surface area contributed by atoms with Gasteiger partial charge in [-0.3, -0.25) is 4.79 Å². The van der Waals surface area contributed by atoms with Crippen LogP contribution in [0.1, 0.15) is 53.8 Å². The summed E-state index contributed by atoms with van der Waals surface area (Å²) in [5, 5.41) is 5.17. The van der Waals surface area contributed by atoms with Crippen LogP contribution in [0.2, 0.25) is 0 Å². The van der Waals surface area contributed by atoms with Crippen LogP contribution in [0, 0.1) is 5.92 Å². The lowest BCUT2D eigenvalue weighted by atomic mass is 9.94. The van der Waals surface area contributed by atoms with Crippen molar-refractivity contribution in [1.29, 1.82) is 0 Å². The van der Waals surface area contributed by atoms with Crippen molar-refractivity contribution in [3.63, 3.8) is 0 Å². The molecule has 0 radical (unpaired) electrons. The van der Waals surface area contributed by atoms with Crippen molar-refractivity contribution >= 4 is 16.8 Å². The highest BCUT2D eigenvalue weighted by molar-refractivity contribution is 5.98. The Kier molecular flexibility index (Phi) is 3.76. The summed E-state index contributed by atoms with van der Waals surface area (Å²) in [5.41, 5.74) is 1.67. The molecule has 26 heavy (non-hydrogen) atoms. The predicted molar refractivity (Wildman–Crippen MR) is 96.9 cm³/mol. The van der Waals surface area contributed by atoms with Crippen LogP contribution in [-0.4, -0.2) is 39.0 Å². The predicted octanol–water partition coefficient (Wildman–Crippen LogP) is 3.52. The second kappa shape index (κ2) is 6.27. The monoisotopic (exact) mass is 350 g/mol. The Hall–Kier alpha value is -2.63. The van der Waals surface area contributed by atoms with Gasteiger partial charge in [0.25, 0.3) is 5.91 Å². The normalized spacial score (nSPS) is 20.6. The first-order chi connectivity index (χ1) is 12.8. The highest BCUT2D eigenvalue weighted by Crippen LogP contribution is 2.38. The third-order valence-corrected chi connectivity index (χ3v) is 5.46. The number of para-hydroxylation sites is 1. The molecule has 3 heterocycles. The van der Waals surface area contributed by atoms with Gasteiger partial charge in [-0.15, -0.1) is 0 Å². The van der Waals surface area contributed by atoms with Gasteiger partial charge in [-0.25, -0.2) is 0 Å². The summed E-state index contributed by atoms with van der Waals surface area (Å²) in [4.78, 5) is 22.7. The zero-order valence-corrected chi connectivity index (χ0v) is 14.6. The molecule has 0 bridgehead atoms. The van der Waals surface area contributed by atoms with Crippen molar-refractivity contribution in [3.05, 3.63) is 47.7 Å². The van der Waals surface area contributed by atoms with Crippen molar-refractivity contribution in [2.24, 2.45) is 5.92 Å². The largest absolute Gasteiger partial charge is 0.351 e. The van der Waals surface area contributed by atoms with E-state index in [1.807, 2.05) is 35.2 Å². The molecule has 1 saturated heterocycles. The molecular formula is C20H22N4O2. The van der Waals surface area contributed by atoms with Crippen molar-refractivity contribution < 1.29 is 9.32 Å². The number of likely N-dealkylation sites (tertiary alicyclic amines) is 1. The molecule has 2 aromatic heterocycles. The lowest BCUT2D eigenvalue weighted by Gasteiger charge is -2.31. The van der Waals surface area contributed by atoms with Crippen LogP contribution in [-0.2, 0) is 6.42 Å². The second-order valence-corrected chi connectivity index (χ2v) is 7.55. The third kappa shape index (κ3) is 3.00. The lowest BCUT2D eigenvalue weighted by Crippen LogP contribution is -2.40. The maximum absolute atomic E-state index is 12.9. The summed E-state index contributed by atoms with van der Waals surface area (Å²) < 4.78 is 5.42. The smallest absolute Gasteiger partial charge is 0.270 e. The molecule has 3 aromatic rings. The molecule has 1 atom stereocenters. The van der Waals surface area contributed by atoms with Crippen molar-refractivity contribution in [2.75, 3.05) is 13.1 Å². The average Bonchev–Trinajstić information content (AvgIpc) is 3.26. The fourth-order valence-electron chi connectivity index (χ4n) is 3.88. The van der Waals surface area contributed by atoms with Gasteiger partial charge in [0.2, 0.25) is 5.89 Å². The van der Waals surface area contributed by atoms with Gasteiger partial charge in [-0.1, -0.05) is 23.4 Å². The minimum absolute atomic E-state index is 0.0788. The summed E-state index contributed by atoms with van der Waals surface area (Å²) in [5.74, 6) is 2.55. The number of carbonyl (C=O) groups is 1. The zero-order valence-electron chi connectivity index (χ0n) is 14.6. The van der Waals surface area contributed by atoms with E-state index in [1.165, 1.54) is 12.8 Å². The molecule has 6 nitrogen and oxygen atoms in total. The molecule has 2 fully saturated rings. The zero-order chi connectivity index (χ0) is 17.5. The number of aromatic nitrogens is 3. The molecule has 1 aliphatic carbocycles. The highest BCUT2D eigenvalue weighted by Gasteiger charge is 2.30. The minimum atomic E-state index is 0.0788. The van der Waals surface area contributed by atoms with Gasteiger partial charge < -0.3 is 14.4 Å². The number of rotatable bonds is 4. The van der Waals surface area contributed by atoms with Gasteiger partial charge in [0.05, 0.1) is 0 Å². The summed E-state index contributed by atoms with van der Waals surface area (Å²) in [6.45, 7) is 1.55. The summed E-state index contributed by atoms with van der Waals surface area (Å²) >= 11 is 0. The Balaban J connectivity index is 1.27. The van der Waals surface area contributed by atoms with Gasteiger partial charge in [-0.05, 0) is 43.7 Å². The Morgan fingerprint density at radius 3 is 3.00 bits per heavy atom. The molecule has 1 unspecified atom stereocenters. The number of aromatic amines is 1. The number of nitrogens with zero attached hydrogens (tertiary/aromatic N) is 3. The molecule has 2 aliphatic rings. The van der Waals surface area contributed by atoms with E-state index in [0.717, 1.165) is 55.0 Å². The van der Waals surface area contributed by atoms with Crippen LogP contribution in [0.25, 0.3) is 10.9 Å². The van der Waals surface area contributed by atoms with Crippen LogP contribution in [0.4, 0.5) is 0 Å². The molecule has 1 aromatic carbocycles. The van der Waals surface area contributed by atoms with Crippen molar-refractivity contribution in [2.45, 2.75) is 38.0 Å². The van der Waals surface area contributed by atoms with Gasteiger partial charge in [0, 0.05) is 36.3 Å². The van der Waals surface area contributed by atoms with Crippen LogP contribution in [0.3, 0.4) is 0 Å². The highest BCUT2D eigenvalue weighted by atomic mass is 16.5. The van der Waals surface area contributed by atoms with Crippen molar-refractivity contribution in [1.82, 2.24) is 20.0 Å². The maximum Gasteiger partial charge on any atom is 0.270 e. The first-order valence-electron chi connectivity index (χ1n) is 9.46. The summed E-state index contributed by atoms with van der Waals surface area (Å²) in [7, 11) is 0. The van der Waals surface area contributed by atoms with E-state index in [4.69, 9.17) is 4.52 Å². The standard InChI is InChI=1S/C20H22N4O2/c25-20(17-11-15-5-1-2-6-16(15)21-17)24-9-3-4-13(12-24)10-18-22-19(23-26-18)14-7-8-14/h1-2,5-6,11,13-14,21H,3-4,7-10,12H2. The Labute approximate surface area is 151 Å². The quantitative estimate of drug-likeness (QED) is 0.781. The topological polar surface area (TPSA) is 75.0 Å². The molecule has 0 spiro atoms. The van der Waals surface area contributed by atoms with Crippen LogP contribution < -0.4 is 0 Å². The Morgan fingerprint density at radius 2 is 2.15 bits per heavy atom. The minimum Gasteiger partial charge on any atom is -0.351 e. The van der Waals surface area contributed by atoms with E-state index in [1.54, 1.807) is 0 Å². The van der Waals surface area contributed by atoms with Crippen LogP contribution >= 0.6 is 0 Å². The molecule has 134 valence electrons. The van der Waals surface area contributed by atoms with Crippen molar-refractivity contribution in [3.8, 4) is 0 Å². The Morgan fingerprint density at radius 1 is 1.27 bits per heavy atom. The van der Waals surface area contributed by atoms with Gasteiger partial charge in [-0.2, -0.15) is 4.98 Å². The number of fused-ring (bicyclic) bond motifs is 1. The van der Waals surface area contributed by atoms with Gasteiger partial charge >= 0.3 is 0 Å². The number of benzene rings is 1. The molecule has 1 saturated carbocycles. The van der Waals surface area contributed by atoms with E-state index in [9.17, 15) is 4.79 Å². The van der Waals surface area contributed by atoms with E-state index in [-0.39, 0.29) is 5.91 Å². The molecule has 6 heteroatoms. The fourth-order valence-corrected chi connectivity index (χ4v) is 3.88. The SMILES string of the molecule is O=C(c1cc2ccccc2[nH]1)N1CCCC(Cc2nc(C3CC3)no2)C1. The average molecular weight is 350 g/mol. The number of nitrogens with one attached hydrogen (secondary N) is 1. The molecular weight excluding hydrogens is 328 g/mol. The number of H-pyrrole nitrogens is 1. The third-order valence-electron chi connectivity index (χ3n) is 5.46. The number of amides is 1. The number of carbonyl (C=O) groups excluding carboxylic acids is 1. The maximum atomic E-state index is 12.9. The fraction of sp³-hybridized carbons (Fsp3) is 0.450. The summed E-state index contributed by atoms with van der Waals surface area (Å²) in [6.07, 6.45) is 5.22. The first kappa shape index (κ1) is 15.6. The number of hydrogen-bond donors (Lipinski definition) is 1. The molecule has 1 aliphatic heterocycles. The van der Waals surface area contributed by atoms with Crippen LogP contribution in [0.5, 0.6) is 0 Å². The molecule has 5 rings (SSSR count). The van der Waals surface area contributed by atoms with E-state index in [2.05, 4.69) is 15.1 Å². The van der Waals surface area contributed by atoms with E-state index >= 15 is 0 Å². The van der Waals surface area contributed by atoms with Gasteiger partial charge in [0.1, 0.15) is 5.69 Å². The Bertz CT molecular complexity index is 907. The van der Waals surface area contributed by atoms with E-state index in [0.29, 0.717) is 17.5 Å². The van der Waals surface area contributed by atoms with Crippen LogP contribution in [0.15, 0.2) is 34.9 Å². The lowest BCUT2D eigenvalue weighted by molar-refractivity contribution is 0.0663. The molecule has 1 amide bonds. The number of hydrogen-bond acceptors (Lipinski definition) is 4. The van der Waals surface area contributed by atoms with Gasteiger partial charge in [0.15, 0.2) is 5.82 Å². The molecule has 1 N–H and O–H groups in total. The second-order valence-electron chi connectivity index (χ2n) is 7.55. The number of piperidine rings is 1.